The summed E-state index contributed by atoms with van der Waals surface area (Å²) >= 11 is 1.32. The van der Waals surface area contributed by atoms with E-state index in [1.165, 1.54) is 25.6 Å². The zero-order valence-electron chi connectivity index (χ0n) is 13.7. The molecule has 3 N–H and O–H groups in total. The summed E-state index contributed by atoms with van der Waals surface area (Å²) in [4.78, 5) is 35.2. The summed E-state index contributed by atoms with van der Waals surface area (Å²) in [5.41, 5.74) is -0.579. The van der Waals surface area contributed by atoms with E-state index in [1.807, 2.05) is 0 Å². The van der Waals surface area contributed by atoms with Gasteiger partial charge in [0.2, 0.25) is 11.8 Å². The van der Waals surface area contributed by atoms with Crippen LogP contribution in [0.5, 0.6) is 0 Å². The van der Waals surface area contributed by atoms with E-state index < -0.39 is 16.8 Å². The van der Waals surface area contributed by atoms with E-state index in [2.05, 4.69) is 10.6 Å². The van der Waals surface area contributed by atoms with Crippen LogP contribution >= 0.6 is 11.8 Å². The molecule has 126 valence electrons. The molecule has 7 heteroatoms. The Balaban J connectivity index is 2.68. The zero-order chi connectivity index (χ0) is 17.6. The van der Waals surface area contributed by atoms with Crippen molar-refractivity contribution in [2.75, 3.05) is 5.32 Å². The van der Waals surface area contributed by atoms with Gasteiger partial charge in [-0.2, -0.15) is 0 Å². The normalized spacial score (nSPS) is 14.4. The molecule has 0 aliphatic rings. The van der Waals surface area contributed by atoms with E-state index in [0.29, 0.717) is 12.1 Å². The second kappa shape index (κ2) is 8.01. The summed E-state index contributed by atoms with van der Waals surface area (Å²) < 4.78 is 0. The molecule has 0 aliphatic heterocycles. The van der Waals surface area contributed by atoms with E-state index in [9.17, 15) is 19.5 Å². The van der Waals surface area contributed by atoms with Crippen LogP contribution in [0.3, 0.4) is 0 Å². The van der Waals surface area contributed by atoms with Crippen LogP contribution in [-0.4, -0.2) is 33.7 Å². The van der Waals surface area contributed by atoms with E-state index in [4.69, 9.17) is 0 Å². The fourth-order valence-corrected chi connectivity index (χ4v) is 2.61. The first-order chi connectivity index (χ1) is 10.7. The molecule has 0 aliphatic carbocycles. The molecule has 0 radical (unpaired) electrons. The predicted molar refractivity (Wildman–Crippen MR) is 90.5 cm³/mol. The van der Waals surface area contributed by atoms with Crippen LogP contribution in [0.1, 0.15) is 34.1 Å². The van der Waals surface area contributed by atoms with Crippen molar-refractivity contribution in [2.24, 2.45) is 0 Å². The van der Waals surface area contributed by atoms with Gasteiger partial charge in [0.15, 0.2) is 0 Å². The molecule has 0 saturated carbocycles. The summed E-state index contributed by atoms with van der Waals surface area (Å²) in [6.45, 7) is 6.36. The topological polar surface area (TPSA) is 95.5 Å². The van der Waals surface area contributed by atoms with E-state index in [-0.39, 0.29) is 11.8 Å². The van der Waals surface area contributed by atoms with Crippen LogP contribution in [0.15, 0.2) is 29.2 Å². The average Bonchev–Trinajstić information content (AvgIpc) is 2.48. The van der Waals surface area contributed by atoms with Crippen LogP contribution in [0.2, 0.25) is 0 Å². The smallest absolute Gasteiger partial charge is 0.329 e. The molecule has 6 nitrogen and oxygen atoms in total. The minimum absolute atomic E-state index is 0.148. The standard InChI is InChI=1S/C16H22N2O4S/c1-5-16(4,15(21)22)18-14(20)10(2)23-13-8-6-12(7-9-13)17-11(3)19/h6-10H,5H2,1-4H3,(H,17,19)(H,18,20)(H,21,22). The van der Waals surface area contributed by atoms with Gasteiger partial charge in [0.25, 0.3) is 0 Å². The molecule has 1 aromatic carbocycles. The number of hydrogen-bond acceptors (Lipinski definition) is 4. The van der Waals surface area contributed by atoms with Crippen LogP contribution in [0.25, 0.3) is 0 Å². The first kappa shape index (κ1) is 19.0. The Morgan fingerprint density at radius 1 is 1.26 bits per heavy atom. The summed E-state index contributed by atoms with van der Waals surface area (Å²) in [7, 11) is 0. The molecule has 0 spiro atoms. The lowest BCUT2D eigenvalue weighted by molar-refractivity contribution is -0.146. The zero-order valence-corrected chi connectivity index (χ0v) is 14.5. The second-order valence-corrected chi connectivity index (χ2v) is 6.86. The van der Waals surface area contributed by atoms with E-state index in [1.54, 1.807) is 38.1 Å². The fourth-order valence-electron chi connectivity index (χ4n) is 1.74. The molecular weight excluding hydrogens is 316 g/mol. The Bertz CT molecular complexity index is 588. The third kappa shape index (κ3) is 5.59. The van der Waals surface area contributed by atoms with Crippen molar-refractivity contribution in [3.63, 3.8) is 0 Å². The largest absolute Gasteiger partial charge is 0.480 e. The maximum atomic E-state index is 12.2. The number of carbonyl (C=O) groups is 3. The Morgan fingerprint density at radius 3 is 2.26 bits per heavy atom. The van der Waals surface area contributed by atoms with E-state index in [0.717, 1.165) is 4.90 Å². The molecule has 0 saturated heterocycles. The summed E-state index contributed by atoms with van der Waals surface area (Å²) in [6.07, 6.45) is 0.302. The second-order valence-electron chi connectivity index (χ2n) is 5.45. The average molecular weight is 338 g/mol. The maximum absolute atomic E-state index is 12.2. The number of amides is 2. The van der Waals surface area contributed by atoms with Gasteiger partial charge in [0.05, 0.1) is 5.25 Å². The van der Waals surface area contributed by atoms with Crippen LogP contribution in [0.4, 0.5) is 5.69 Å². The van der Waals surface area contributed by atoms with Crippen molar-refractivity contribution in [2.45, 2.75) is 49.8 Å². The van der Waals surface area contributed by atoms with Gasteiger partial charge < -0.3 is 15.7 Å². The van der Waals surface area contributed by atoms with Gasteiger partial charge >= 0.3 is 5.97 Å². The molecule has 2 atom stereocenters. The molecule has 2 unspecified atom stereocenters. The van der Waals surface area contributed by atoms with Crippen molar-refractivity contribution in [1.29, 1.82) is 0 Å². The molecule has 2 amide bonds. The number of carboxylic acids is 1. The van der Waals surface area contributed by atoms with Gasteiger partial charge in [-0.15, -0.1) is 11.8 Å². The van der Waals surface area contributed by atoms with Crippen molar-refractivity contribution < 1.29 is 19.5 Å². The van der Waals surface area contributed by atoms with Crippen LogP contribution < -0.4 is 10.6 Å². The highest BCUT2D eigenvalue weighted by Gasteiger charge is 2.34. The third-order valence-electron chi connectivity index (χ3n) is 3.43. The first-order valence-electron chi connectivity index (χ1n) is 7.27. The number of hydrogen-bond donors (Lipinski definition) is 3. The van der Waals surface area contributed by atoms with Gasteiger partial charge in [-0.25, -0.2) is 4.79 Å². The highest BCUT2D eigenvalue weighted by atomic mass is 32.2. The van der Waals surface area contributed by atoms with Crippen LogP contribution in [-0.2, 0) is 14.4 Å². The molecule has 23 heavy (non-hydrogen) atoms. The molecule has 0 heterocycles. The first-order valence-corrected chi connectivity index (χ1v) is 8.15. The van der Waals surface area contributed by atoms with Gasteiger partial charge in [0.1, 0.15) is 5.54 Å². The Kier molecular flexibility index (Phi) is 6.62. The summed E-state index contributed by atoms with van der Waals surface area (Å²) in [6, 6.07) is 7.11. The van der Waals surface area contributed by atoms with Crippen molar-refractivity contribution in [1.82, 2.24) is 5.32 Å². The van der Waals surface area contributed by atoms with E-state index >= 15 is 0 Å². The number of anilines is 1. The lowest BCUT2D eigenvalue weighted by atomic mass is 9.99. The minimum atomic E-state index is -1.26. The highest BCUT2D eigenvalue weighted by Crippen LogP contribution is 2.25. The third-order valence-corrected chi connectivity index (χ3v) is 4.55. The molecule has 0 bridgehead atoms. The van der Waals surface area contributed by atoms with Gasteiger partial charge in [-0.1, -0.05) is 6.92 Å². The summed E-state index contributed by atoms with van der Waals surface area (Å²) in [5.74, 6) is -1.52. The fraction of sp³-hybridized carbons (Fsp3) is 0.438. The SMILES string of the molecule is CCC(C)(NC(=O)C(C)Sc1ccc(NC(C)=O)cc1)C(=O)O. The quantitative estimate of drug-likeness (QED) is 0.664. The number of aliphatic carboxylic acids is 1. The number of nitrogens with one attached hydrogen (secondary N) is 2. The molecule has 1 aromatic rings. The summed E-state index contributed by atoms with van der Waals surface area (Å²) in [5, 5.41) is 14.0. The maximum Gasteiger partial charge on any atom is 0.329 e. The van der Waals surface area contributed by atoms with Gasteiger partial charge in [0, 0.05) is 17.5 Å². The predicted octanol–water partition coefficient (Wildman–Crippen LogP) is 2.50. The number of rotatable bonds is 7. The lowest BCUT2D eigenvalue weighted by Crippen LogP contribution is -2.53. The Morgan fingerprint density at radius 2 is 1.83 bits per heavy atom. The Labute approximate surface area is 140 Å². The van der Waals surface area contributed by atoms with Crippen molar-refractivity contribution >= 4 is 35.2 Å². The van der Waals surface area contributed by atoms with Gasteiger partial charge in [-0.3, -0.25) is 9.59 Å². The molecular formula is C16H22N2O4S. The van der Waals surface area contributed by atoms with Crippen molar-refractivity contribution in [3.8, 4) is 0 Å². The Hall–Kier alpha value is -2.02. The molecule has 1 rings (SSSR count). The van der Waals surface area contributed by atoms with Gasteiger partial charge in [-0.05, 0) is 44.5 Å². The lowest BCUT2D eigenvalue weighted by Gasteiger charge is -2.26. The number of carbonyl (C=O) groups excluding carboxylic acids is 2. The number of thioether (sulfide) groups is 1. The molecule has 0 fully saturated rings. The minimum Gasteiger partial charge on any atom is -0.480 e. The number of benzene rings is 1. The van der Waals surface area contributed by atoms with Crippen LogP contribution in [0, 0.1) is 0 Å². The molecule has 0 aromatic heterocycles. The monoisotopic (exact) mass is 338 g/mol. The van der Waals surface area contributed by atoms with Crippen molar-refractivity contribution in [3.05, 3.63) is 24.3 Å². The highest BCUT2D eigenvalue weighted by molar-refractivity contribution is 8.00. The number of carboxylic acid groups (broad SMARTS) is 1.